The van der Waals surface area contributed by atoms with E-state index in [9.17, 15) is 12.8 Å². The lowest BCUT2D eigenvalue weighted by Gasteiger charge is -2.18. The minimum atomic E-state index is -3.61. The highest BCUT2D eigenvalue weighted by atomic mass is 35.5. The minimum Gasteiger partial charge on any atom is -0.384 e. The molecule has 0 aromatic heterocycles. The van der Waals surface area contributed by atoms with Crippen LogP contribution in [0.2, 0.25) is 0 Å². The molecule has 1 heterocycles. The zero-order chi connectivity index (χ0) is 15.6. The van der Waals surface area contributed by atoms with E-state index < -0.39 is 15.8 Å². The normalized spacial score (nSPS) is 20.1. The van der Waals surface area contributed by atoms with Gasteiger partial charge in [0.05, 0.1) is 17.4 Å². The fourth-order valence-electron chi connectivity index (χ4n) is 2.59. The molecule has 0 N–H and O–H groups in total. The lowest BCUT2D eigenvalue weighted by Crippen LogP contribution is -2.29. The van der Waals surface area contributed by atoms with Gasteiger partial charge in [-0.2, -0.15) is 4.31 Å². The van der Waals surface area contributed by atoms with E-state index in [2.05, 4.69) is 0 Å². The molecule has 0 bridgehead atoms. The van der Waals surface area contributed by atoms with E-state index in [0.717, 1.165) is 6.42 Å². The number of alkyl halides is 1. The van der Waals surface area contributed by atoms with Crippen LogP contribution < -0.4 is 0 Å². The average molecular weight is 336 g/mol. The van der Waals surface area contributed by atoms with Gasteiger partial charge in [-0.25, -0.2) is 12.8 Å². The first kappa shape index (κ1) is 16.7. The Kier molecular flexibility index (Phi) is 5.24. The molecule has 1 aromatic carbocycles. The summed E-state index contributed by atoms with van der Waals surface area (Å²) in [6.45, 7) is 2.98. The fraction of sp³-hybridized carbons (Fsp3) is 0.571. The van der Waals surface area contributed by atoms with Crippen LogP contribution in [0, 0.1) is 18.7 Å². The van der Waals surface area contributed by atoms with Crippen molar-refractivity contribution in [2.75, 3.05) is 26.8 Å². The summed E-state index contributed by atoms with van der Waals surface area (Å²) >= 11 is 5.69. The standard InChI is InChI=1S/C14H19ClFNO3S/c1-10-5-13(6-12(7-15)14(10)16)21(18,19)17-4-3-11(8-17)9-20-2/h5-6,11H,3-4,7-9H2,1-2H3. The molecule has 0 radical (unpaired) electrons. The van der Waals surface area contributed by atoms with Crippen molar-refractivity contribution in [3.05, 3.63) is 29.1 Å². The maximum Gasteiger partial charge on any atom is 0.243 e. The minimum absolute atomic E-state index is 0.0532. The van der Waals surface area contributed by atoms with Gasteiger partial charge >= 0.3 is 0 Å². The van der Waals surface area contributed by atoms with Gasteiger partial charge in [0.15, 0.2) is 0 Å². The largest absolute Gasteiger partial charge is 0.384 e. The number of ether oxygens (including phenoxy) is 1. The van der Waals surface area contributed by atoms with Crippen LogP contribution in [-0.4, -0.2) is 39.5 Å². The molecule has 118 valence electrons. The molecule has 2 rings (SSSR count). The highest BCUT2D eigenvalue weighted by Crippen LogP contribution is 2.27. The van der Waals surface area contributed by atoms with Crippen LogP contribution in [0.4, 0.5) is 4.39 Å². The molecule has 4 nitrogen and oxygen atoms in total. The molecule has 1 atom stereocenters. The average Bonchev–Trinajstić information content (AvgIpc) is 2.91. The second-order valence-electron chi connectivity index (χ2n) is 5.32. The molecule has 1 aliphatic heterocycles. The Hall–Kier alpha value is -0.690. The first-order valence-corrected chi connectivity index (χ1v) is 8.71. The van der Waals surface area contributed by atoms with Crippen molar-refractivity contribution in [2.45, 2.75) is 24.1 Å². The fourth-order valence-corrected chi connectivity index (χ4v) is 4.45. The Bertz CT molecular complexity index is 621. The molecule has 1 fully saturated rings. The first-order chi connectivity index (χ1) is 9.90. The second-order valence-corrected chi connectivity index (χ2v) is 7.53. The third-order valence-corrected chi connectivity index (χ3v) is 5.87. The SMILES string of the molecule is COCC1CCN(S(=O)(=O)c2cc(C)c(F)c(CCl)c2)C1. The summed E-state index contributed by atoms with van der Waals surface area (Å²) in [4.78, 5) is 0.107. The molecule has 1 aliphatic rings. The third-order valence-electron chi connectivity index (χ3n) is 3.74. The van der Waals surface area contributed by atoms with Crippen molar-refractivity contribution < 1.29 is 17.5 Å². The van der Waals surface area contributed by atoms with Gasteiger partial charge in [-0.3, -0.25) is 0 Å². The number of rotatable bonds is 5. The maximum absolute atomic E-state index is 13.8. The van der Waals surface area contributed by atoms with Gasteiger partial charge in [-0.1, -0.05) is 0 Å². The van der Waals surface area contributed by atoms with Gasteiger partial charge in [0.25, 0.3) is 0 Å². The predicted octanol–water partition coefficient (Wildman–Crippen LogP) is 2.53. The molecule has 1 saturated heterocycles. The Morgan fingerprint density at radius 2 is 2.19 bits per heavy atom. The third kappa shape index (κ3) is 3.39. The van der Waals surface area contributed by atoms with Crippen LogP contribution in [-0.2, 0) is 20.6 Å². The molecule has 0 saturated carbocycles. The molecule has 0 amide bonds. The van der Waals surface area contributed by atoms with Gasteiger partial charge in [-0.05, 0) is 37.0 Å². The smallest absolute Gasteiger partial charge is 0.243 e. The van der Waals surface area contributed by atoms with E-state index in [-0.39, 0.29) is 22.3 Å². The van der Waals surface area contributed by atoms with Gasteiger partial charge in [0.1, 0.15) is 5.82 Å². The topological polar surface area (TPSA) is 46.6 Å². The van der Waals surface area contributed by atoms with Crippen molar-refractivity contribution in [1.82, 2.24) is 4.31 Å². The Balaban J connectivity index is 2.30. The number of hydrogen-bond acceptors (Lipinski definition) is 3. The lowest BCUT2D eigenvalue weighted by molar-refractivity contribution is 0.157. The predicted molar refractivity (Wildman–Crippen MR) is 79.4 cm³/mol. The number of nitrogens with zero attached hydrogens (tertiary/aromatic N) is 1. The summed E-state index contributed by atoms with van der Waals surface area (Å²) in [6, 6.07) is 2.69. The van der Waals surface area contributed by atoms with Crippen molar-refractivity contribution in [1.29, 1.82) is 0 Å². The number of aryl methyl sites for hydroxylation is 1. The van der Waals surface area contributed by atoms with Crippen LogP contribution in [0.25, 0.3) is 0 Å². The molecule has 7 heteroatoms. The van der Waals surface area contributed by atoms with Crippen LogP contribution in [0.1, 0.15) is 17.5 Å². The van der Waals surface area contributed by atoms with Crippen LogP contribution in [0.5, 0.6) is 0 Å². The molecule has 1 unspecified atom stereocenters. The van der Waals surface area contributed by atoms with Crippen molar-refractivity contribution in [3.8, 4) is 0 Å². The monoisotopic (exact) mass is 335 g/mol. The van der Waals surface area contributed by atoms with Gasteiger partial charge < -0.3 is 4.74 Å². The summed E-state index contributed by atoms with van der Waals surface area (Å²) in [5, 5.41) is 0. The van der Waals surface area contributed by atoms with E-state index in [1.54, 1.807) is 14.0 Å². The molecule has 0 spiro atoms. The molecular formula is C14H19ClFNO3S. The number of benzene rings is 1. The summed E-state index contributed by atoms with van der Waals surface area (Å²) in [6.07, 6.45) is 0.773. The summed E-state index contributed by atoms with van der Waals surface area (Å²) in [5.41, 5.74) is 0.502. The zero-order valence-corrected chi connectivity index (χ0v) is 13.7. The van der Waals surface area contributed by atoms with E-state index in [1.807, 2.05) is 0 Å². The lowest BCUT2D eigenvalue weighted by atomic mass is 10.1. The first-order valence-electron chi connectivity index (χ1n) is 6.74. The zero-order valence-electron chi connectivity index (χ0n) is 12.1. The van der Waals surface area contributed by atoms with Crippen molar-refractivity contribution in [3.63, 3.8) is 0 Å². The summed E-state index contributed by atoms with van der Waals surface area (Å²) < 4.78 is 45.6. The molecule has 1 aromatic rings. The van der Waals surface area contributed by atoms with Crippen molar-refractivity contribution in [2.24, 2.45) is 5.92 Å². The summed E-state index contributed by atoms with van der Waals surface area (Å²) in [5.74, 6) is -0.288. The van der Waals surface area contributed by atoms with E-state index in [0.29, 0.717) is 25.3 Å². The van der Waals surface area contributed by atoms with E-state index >= 15 is 0 Å². The van der Waals surface area contributed by atoms with Crippen LogP contribution in [0.15, 0.2) is 17.0 Å². The Labute approximate surface area is 129 Å². The van der Waals surface area contributed by atoms with Crippen molar-refractivity contribution >= 4 is 21.6 Å². The second kappa shape index (κ2) is 6.60. The Morgan fingerprint density at radius 1 is 1.48 bits per heavy atom. The summed E-state index contributed by atoms with van der Waals surface area (Å²) in [7, 11) is -2.00. The molecular weight excluding hydrogens is 317 g/mol. The Morgan fingerprint density at radius 3 is 2.81 bits per heavy atom. The maximum atomic E-state index is 13.8. The number of sulfonamides is 1. The highest BCUT2D eigenvalue weighted by molar-refractivity contribution is 7.89. The van der Waals surface area contributed by atoms with Crippen LogP contribution in [0.3, 0.4) is 0 Å². The van der Waals surface area contributed by atoms with Gasteiger partial charge in [0.2, 0.25) is 10.0 Å². The number of methoxy groups -OCH3 is 1. The van der Waals surface area contributed by atoms with E-state index in [4.69, 9.17) is 16.3 Å². The number of hydrogen-bond donors (Lipinski definition) is 0. The van der Waals surface area contributed by atoms with E-state index in [1.165, 1.54) is 16.4 Å². The van der Waals surface area contributed by atoms with Crippen LogP contribution >= 0.6 is 11.6 Å². The quantitative estimate of drug-likeness (QED) is 0.777. The highest BCUT2D eigenvalue weighted by Gasteiger charge is 2.33. The molecule has 0 aliphatic carbocycles. The van der Waals surface area contributed by atoms with Gasteiger partial charge in [0, 0.05) is 25.8 Å². The molecule has 21 heavy (non-hydrogen) atoms. The number of halogens is 2. The van der Waals surface area contributed by atoms with Gasteiger partial charge in [-0.15, -0.1) is 11.6 Å².